The van der Waals surface area contributed by atoms with Gasteiger partial charge in [0.25, 0.3) is 5.91 Å². The highest BCUT2D eigenvalue weighted by Crippen LogP contribution is 2.22. The summed E-state index contributed by atoms with van der Waals surface area (Å²) in [5, 5.41) is 18.0. The predicted molar refractivity (Wildman–Crippen MR) is 77.6 cm³/mol. The van der Waals surface area contributed by atoms with Crippen LogP contribution in [0.5, 0.6) is 5.75 Å². The molecule has 1 saturated heterocycles. The number of nitriles is 1. The van der Waals surface area contributed by atoms with Gasteiger partial charge in [0.2, 0.25) is 0 Å². The Labute approximate surface area is 124 Å². The molecule has 0 bridgehead atoms. The van der Waals surface area contributed by atoms with E-state index in [-0.39, 0.29) is 12.5 Å². The summed E-state index contributed by atoms with van der Waals surface area (Å²) in [6.07, 6.45) is 1.04. The molecule has 1 N–H and O–H groups in total. The second kappa shape index (κ2) is 7.09. The minimum atomic E-state index is -0.618. The minimum absolute atomic E-state index is 0.0665. The molecule has 1 aliphatic heterocycles. The van der Waals surface area contributed by atoms with Crippen LogP contribution in [0.2, 0.25) is 0 Å². The van der Waals surface area contributed by atoms with Crippen LogP contribution in [-0.2, 0) is 4.79 Å². The summed E-state index contributed by atoms with van der Waals surface area (Å²) >= 11 is 0. The van der Waals surface area contributed by atoms with Crippen LogP contribution in [0.15, 0.2) is 24.3 Å². The molecule has 2 rings (SSSR count). The summed E-state index contributed by atoms with van der Waals surface area (Å²) in [6.45, 7) is 3.24. The maximum atomic E-state index is 12.4. The fraction of sp³-hybridized carbons (Fsp3) is 0.500. The van der Waals surface area contributed by atoms with Crippen molar-refractivity contribution in [2.75, 3.05) is 19.7 Å². The maximum Gasteiger partial charge on any atom is 0.263 e. The molecule has 1 aromatic rings. The predicted octanol–water partition coefficient (Wildman–Crippen LogP) is 1.56. The quantitative estimate of drug-likeness (QED) is 0.892. The highest BCUT2D eigenvalue weighted by atomic mass is 16.5. The zero-order valence-electron chi connectivity index (χ0n) is 12.2. The van der Waals surface area contributed by atoms with Crippen LogP contribution in [0.4, 0.5) is 0 Å². The molecule has 1 aliphatic rings. The van der Waals surface area contributed by atoms with Gasteiger partial charge in [0.15, 0.2) is 6.10 Å². The van der Waals surface area contributed by atoms with Gasteiger partial charge in [-0.25, -0.2) is 0 Å². The molecule has 1 aromatic carbocycles. The van der Waals surface area contributed by atoms with Gasteiger partial charge in [0, 0.05) is 19.7 Å². The normalized spacial score (nSPS) is 19.1. The van der Waals surface area contributed by atoms with Gasteiger partial charge in [0.05, 0.1) is 5.56 Å². The molecule has 5 heteroatoms. The summed E-state index contributed by atoms with van der Waals surface area (Å²) in [6, 6.07) is 8.96. The first-order valence-corrected chi connectivity index (χ1v) is 7.21. The molecule has 0 radical (unpaired) electrons. The molecular weight excluding hydrogens is 268 g/mol. The average molecular weight is 288 g/mol. The summed E-state index contributed by atoms with van der Waals surface area (Å²) < 4.78 is 5.64. The highest BCUT2D eigenvalue weighted by molar-refractivity contribution is 5.81. The van der Waals surface area contributed by atoms with Crippen LogP contribution in [-0.4, -0.2) is 41.7 Å². The van der Waals surface area contributed by atoms with Crippen molar-refractivity contribution < 1.29 is 14.6 Å². The smallest absolute Gasteiger partial charge is 0.263 e. The lowest BCUT2D eigenvalue weighted by Crippen LogP contribution is -2.39. The van der Waals surface area contributed by atoms with Crippen molar-refractivity contribution in [2.45, 2.75) is 25.9 Å². The Morgan fingerprint density at radius 2 is 2.33 bits per heavy atom. The van der Waals surface area contributed by atoms with E-state index in [0.29, 0.717) is 30.3 Å². The zero-order chi connectivity index (χ0) is 15.2. The zero-order valence-corrected chi connectivity index (χ0v) is 12.2. The van der Waals surface area contributed by atoms with Crippen molar-refractivity contribution in [1.82, 2.24) is 4.90 Å². The van der Waals surface area contributed by atoms with Gasteiger partial charge in [-0.2, -0.15) is 5.26 Å². The van der Waals surface area contributed by atoms with E-state index in [0.717, 1.165) is 12.8 Å². The number of amides is 1. The number of carbonyl (C=O) groups is 1. The number of hydrogen-bond donors (Lipinski definition) is 1. The number of likely N-dealkylation sites (tertiary alicyclic amines) is 1. The largest absolute Gasteiger partial charge is 0.480 e. The fourth-order valence-corrected chi connectivity index (χ4v) is 2.61. The summed E-state index contributed by atoms with van der Waals surface area (Å²) in [5.41, 5.74) is 0.428. The van der Waals surface area contributed by atoms with Crippen LogP contribution in [0.3, 0.4) is 0 Å². The lowest BCUT2D eigenvalue weighted by molar-refractivity contribution is -0.137. The Kier molecular flexibility index (Phi) is 5.18. The standard InChI is InChI=1S/C16H20N2O3/c1-12(21-15-5-3-2-4-14(15)10-17)16(20)18-8-6-13(11-18)7-9-19/h2-5,12-13,19H,6-9,11H2,1H3. The van der Waals surface area contributed by atoms with E-state index >= 15 is 0 Å². The van der Waals surface area contributed by atoms with Crippen LogP contribution < -0.4 is 4.74 Å². The van der Waals surface area contributed by atoms with E-state index in [1.54, 1.807) is 36.1 Å². The Morgan fingerprint density at radius 1 is 1.57 bits per heavy atom. The van der Waals surface area contributed by atoms with Gasteiger partial charge >= 0.3 is 0 Å². The van der Waals surface area contributed by atoms with Crippen molar-refractivity contribution >= 4 is 5.91 Å². The third kappa shape index (κ3) is 3.73. The van der Waals surface area contributed by atoms with Crippen LogP contribution in [0.1, 0.15) is 25.3 Å². The molecule has 0 aromatic heterocycles. The summed E-state index contributed by atoms with van der Waals surface area (Å²) in [4.78, 5) is 14.1. The van der Waals surface area contributed by atoms with Gasteiger partial charge in [-0.3, -0.25) is 4.79 Å². The number of rotatable bonds is 5. The topological polar surface area (TPSA) is 73.6 Å². The first kappa shape index (κ1) is 15.3. The lowest BCUT2D eigenvalue weighted by atomic mass is 10.1. The maximum absolute atomic E-state index is 12.4. The average Bonchev–Trinajstić information content (AvgIpc) is 2.96. The van der Waals surface area contributed by atoms with Crippen LogP contribution >= 0.6 is 0 Å². The van der Waals surface area contributed by atoms with E-state index in [2.05, 4.69) is 6.07 Å². The number of nitrogens with zero attached hydrogens (tertiary/aromatic N) is 2. The van der Waals surface area contributed by atoms with Crippen LogP contribution in [0, 0.1) is 17.2 Å². The van der Waals surface area contributed by atoms with E-state index in [1.807, 2.05) is 0 Å². The van der Waals surface area contributed by atoms with E-state index < -0.39 is 6.10 Å². The summed E-state index contributed by atoms with van der Waals surface area (Å²) in [7, 11) is 0. The first-order valence-electron chi connectivity index (χ1n) is 7.21. The number of carbonyl (C=O) groups excluding carboxylic acids is 1. The van der Waals surface area contributed by atoms with Gasteiger partial charge in [0.1, 0.15) is 11.8 Å². The Hall–Kier alpha value is -2.06. The molecular formula is C16H20N2O3. The van der Waals surface area contributed by atoms with Crippen molar-refractivity contribution in [3.63, 3.8) is 0 Å². The summed E-state index contributed by atoms with van der Waals surface area (Å²) in [5.74, 6) is 0.743. The number of hydrogen-bond acceptors (Lipinski definition) is 4. The Morgan fingerprint density at radius 3 is 3.05 bits per heavy atom. The van der Waals surface area contributed by atoms with Crippen molar-refractivity contribution in [3.05, 3.63) is 29.8 Å². The molecule has 0 aliphatic carbocycles. The van der Waals surface area contributed by atoms with E-state index in [9.17, 15) is 4.79 Å². The molecule has 5 nitrogen and oxygen atoms in total. The van der Waals surface area contributed by atoms with Gasteiger partial charge < -0.3 is 14.7 Å². The van der Waals surface area contributed by atoms with Crippen LogP contribution in [0.25, 0.3) is 0 Å². The SMILES string of the molecule is CC(Oc1ccccc1C#N)C(=O)N1CCC(CCO)C1. The lowest BCUT2D eigenvalue weighted by Gasteiger charge is -2.22. The molecule has 1 fully saturated rings. The number of benzene rings is 1. The molecule has 1 heterocycles. The Bertz CT molecular complexity index is 539. The fourth-order valence-electron chi connectivity index (χ4n) is 2.61. The Balaban J connectivity index is 1.96. The molecule has 21 heavy (non-hydrogen) atoms. The van der Waals surface area contributed by atoms with Crippen molar-refractivity contribution in [1.29, 1.82) is 5.26 Å². The van der Waals surface area contributed by atoms with E-state index in [1.165, 1.54) is 0 Å². The van der Waals surface area contributed by atoms with Gasteiger partial charge in [-0.05, 0) is 37.8 Å². The highest BCUT2D eigenvalue weighted by Gasteiger charge is 2.29. The molecule has 112 valence electrons. The number of para-hydroxylation sites is 1. The molecule has 0 saturated carbocycles. The third-order valence-corrected chi connectivity index (χ3v) is 3.79. The molecule has 0 spiro atoms. The first-order chi connectivity index (χ1) is 10.2. The molecule has 1 amide bonds. The minimum Gasteiger partial charge on any atom is -0.480 e. The second-order valence-corrected chi connectivity index (χ2v) is 5.32. The van der Waals surface area contributed by atoms with Gasteiger partial charge in [-0.1, -0.05) is 12.1 Å². The molecule has 2 atom stereocenters. The van der Waals surface area contributed by atoms with Crippen molar-refractivity contribution in [3.8, 4) is 11.8 Å². The van der Waals surface area contributed by atoms with Gasteiger partial charge in [-0.15, -0.1) is 0 Å². The second-order valence-electron chi connectivity index (χ2n) is 5.32. The number of aliphatic hydroxyl groups is 1. The third-order valence-electron chi connectivity index (χ3n) is 3.79. The number of aliphatic hydroxyl groups excluding tert-OH is 1. The number of ether oxygens (including phenoxy) is 1. The monoisotopic (exact) mass is 288 g/mol. The van der Waals surface area contributed by atoms with E-state index in [4.69, 9.17) is 15.1 Å². The van der Waals surface area contributed by atoms with Crippen molar-refractivity contribution in [2.24, 2.45) is 5.92 Å². The molecule has 2 unspecified atom stereocenters.